The van der Waals surface area contributed by atoms with Crippen molar-refractivity contribution in [3.8, 4) is 0 Å². The molecule has 0 spiro atoms. The second kappa shape index (κ2) is 5.89. The largest absolute Gasteiger partial charge is 0.369 e. The van der Waals surface area contributed by atoms with E-state index in [1.165, 1.54) is 5.52 Å². The first-order valence-electron chi connectivity index (χ1n) is 6.67. The fourth-order valence-electron chi connectivity index (χ4n) is 2.12. The van der Waals surface area contributed by atoms with Crippen LogP contribution in [0.15, 0.2) is 30.5 Å². The fraction of sp³-hybridized carbons (Fsp3) is 0.400. The normalized spacial score (nSPS) is 12.6. The Bertz CT molecular complexity index is 575. The van der Waals surface area contributed by atoms with E-state index in [0.717, 1.165) is 17.6 Å². The third-order valence-corrected chi connectivity index (χ3v) is 3.17. The maximum absolute atomic E-state index is 11.9. The Morgan fingerprint density at radius 1 is 1.37 bits per heavy atom. The zero-order valence-electron chi connectivity index (χ0n) is 11.6. The van der Waals surface area contributed by atoms with Crippen LogP contribution in [0.25, 0.3) is 10.9 Å². The second-order valence-electron chi connectivity index (χ2n) is 4.46. The molecule has 1 aromatic carbocycles. The van der Waals surface area contributed by atoms with Crippen molar-refractivity contribution in [3.05, 3.63) is 30.5 Å². The van der Waals surface area contributed by atoms with Gasteiger partial charge in [-0.2, -0.15) is 0 Å². The summed E-state index contributed by atoms with van der Waals surface area (Å²) in [7, 11) is 0. The van der Waals surface area contributed by atoms with Crippen molar-refractivity contribution in [2.24, 2.45) is 0 Å². The molecule has 0 unspecified atom stereocenters. The van der Waals surface area contributed by atoms with E-state index in [1.54, 1.807) is 6.92 Å². The molecule has 0 bridgehead atoms. The summed E-state index contributed by atoms with van der Waals surface area (Å²) in [6.45, 7) is 7.22. The number of ether oxygens (including phenoxy) is 1. The highest BCUT2D eigenvalue weighted by Crippen LogP contribution is 2.20. The SMILES string of the molecule is CCO[C@@H](C)C(=O)Nc1ccc2c(ccn2CC)c1. The number of hydrogen-bond donors (Lipinski definition) is 1. The van der Waals surface area contributed by atoms with Gasteiger partial charge in [0, 0.05) is 35.9 Å². The lowest BCUT2D eigenvalue weighted by Crippen LogP contribution is -2.27. The lowest BCUT2D eigenvalue weighted by Gasteiger charge is -2.12. The molecule has 0 saturated carbocycles. The Kier molecular flexibility index (Phi) is 4.22. The van der Waals surface area contributed by atoms with Crippen LogP contribution in [0.2, 0.25) is 0 Å². The standard InChI is InChI=1S/C15H20N2O2/c1-4-17-9-8-12-10-13(6-7-14(12)17)16-15(18)11(3)19-5-2/h6-11H,4-5H2,1-3H3,(H,16,18)/t11-/m0/s1. The van der Waals surface area contributed by atoms with Crippen LogP contribution >= 0.6 is 0 Å². The molecule has 1 N–H and O–H groups in total. The fourth-order valence-corrected chi connectivity index (χ4v) is 2.12. The van der Waals surface area contributed by atoms with Gasteiger partial charge in [0.25, 0.3) is 5.91 Å². The predicted molar refractivity (Wildman–Crippen MR) is 77.3 cm³/mol. The van der Waals surface area contributed by atoms with Gasteiger partial charge in [-0.1, -0.05) is 0 Å². The molecule has 4 nitrogen and oxygen atoms in total. The molecule has 4 heteroatoms. The van der Waals surface area contributed by atoms with Gasteiger partial charge in [0.2, 0.25) is 0 Å². The Morgan fingerprint density at radius 2 is 2.16 bits per heavy atom. The lowest BCUT2D eigenvalue weighted by atomic mass is 10.2. The molecular formula is C15H20N2O2. The first-order chi connectivity index (χ1) is 9.15. The van der Waals surface area contributed by atoms with Crippen molar-refractivity contribution >= 4 is 22.5 Å². The van der Waals surface area contributed by atoms with Crippen molar-refractivity contribution in [2.45, 2.75) is 33.4 Å². The number of aromatic nitrogens is 1. The van der Waals surface area contributed by atoms with E-state index in [2.05, 4.69) is 29.1 Å². The monoisotopic (exact) mass is 260 g/mol. The topological polar surface area (TPSA) is 43.3 Å². The highest BCUT2D eigenvalue weighted by molar-refractivity contribution is 5.96. The highest BCUT2D eigenvalue weighted by atomic mass is 16.5. The molecule has 1 heterocycles. The van der Waals surface area contributed by atoms with E-state index < -0.39 is 6.10 Å². The van der Waals surface area contributed by atoms with E-state index in [0.29, 0.717) is 6.61 Å². The summed E-state index contributed by atoms with van der Waals surface area (Å²) >= 11 is 0. The average Bonchev–Trinajstić information content (AvgIpc) is 2.81. The minimum Gasteiger partial charge on any atom is -0.369 e. The van der Waals surface area contributed by atoms with E-state index in [1.807, 2.05) is 25.1 Å². The van der Waals surface area contributed by atoms with Crippen LogP contribution in [0.4, 0.5) is 5.69 Å². The van der Waals surface area contributed by atoms with Crippen LogP contribution in [0.3, 0.4) is 0 Å². The molecule has 0 aliphatic heterocycles. The molecule has 102 valence electrons. The first-order valence-corrected chi connectivity index (χ1v) is 6.67. The Balaban J connectivity index is 2.15. The van der Waals surface area contributed by atoms with Crippen molar-refractivity contribution < 1.29 is 9.53 Å². The summed E-state index contributed by atoms with van der Waals surface area (Å²) < 4.78 is 7.44. The molecule has 2 aromatic rings. The van der Waals surface area contributed by atoms with Crippen LogP contribution in [0.5, 0.6) is 0 Å². The summed E-state index contributed by atoms with van der Waals surface area (Å²) in [4.78, 5) is 11.9. The van der Waals surface area contributed by atoms with E-state index in [9.17, 15) is 4.79 Å². The minimum absolute atomic E-state index is 0.115. The molecule has 19 heavy (non-hydrogen) atoms. The van der Waals surface area contributed by atoms with Gasteiger partial charge in [0.1, 0.15) is 6.10 Å². The van der Waals surface area contributed by atoms with Gasteiger partial charge >= 0.3 is 0 Å². The molecule has 1 aromatic heterocycles. The van der Waals surface area contributed by atoms with E-state index in [-0.39, 0.29) is 5.91 Å². The summed E-state index contributed by atoms with van der Waals surface area (Å²) in [5, 5.41) is 4.00. The molecule has 0 fully saturated rings. The molecule has 2 rings (SSSR count). The Hall–Kier alpha value is -1.81. The molecule has 1 atom stereocenters. The molecule has 1 amide bonds. The van der Waals surface area contributed by atoms with Crippen LogP contribution in [0, 0.1) is 0 Å². The maximum atomic E-state index is 11.9. The van der Waals surface area contributed by atoms with Crippen molar-refractivity contribution in [1.82, 2.24) is 4.57 Å². The van der Waals surface area contributed by atoms with Gasteiger partial charge in [-0.05, 0) is 45.0 Å². The van der Waals surface area contributed by atoms with Gasteiger partial charge in [-0.3, -0.25) is 4.79 Å². The van der Waals surface area contributed by atoms with E-state index >= 15 is 0 Å². The van der Waals surface area contributed by atoms with Gasteiger partial charge in [0.15, 0.2) is 0 Å². The summed E-state index contributed by atoms with van der Waals surface area (Å²) in [5.41, 5.74) is 1.98. The van der Waals surface area contributed by atoms with Gasteiger partial charge in [-0.15, -0.1) is 0 Å². The molecular weight excluding hydrogens is 240 g/mol. The number of benzene rings is 1. The number of rotatable bonds is 5. The summed E-state index contributed by atoms with van der Waals surface area (Å²) in [6, 6.07) is 7.99. The van der Waals surface area contributed by atoms with Gasteiger partial charge in [0.05, 0.1) is 0 Å². The number of aryl methyl sites for hydroxylation is 1. The Labute approximate surface area is 113 Å². The van der Waals surface area contributed by atoms with Crippen LogP contribution in [0.1, 0.15) is 20.8 Å². The number of anilines is 1. The summed E-state index contributed by atoms with van der Waals surface area (Å²) in [6.07, 6.45) is 1.62. The maximum Gasteiger partial charge on any atom is 0.253 e. The van der Waals surface area contributed by atoms with Crippen LogP contribution in [-0.4, -0.2) is 23.2 Å². The third-order valence-electron chi connectivity index (χ3n) is 3.17. The number of carbonyl (C=O) groups is 1. The number of hydrogen-bond acceptors (Lipinski definition) is 2. The predicted octanol–water partition coefficient (Wildman–Crippen LogP) is 3.02. The van der Waals surface area contributed by atoms with Crippen LogP contribution < -0.4 is 5.32 Å². The first kappa shape index (κ1) is 13.6. The number of carbonyl (C=O) groups excluding carboxylic acids is 1. The van der Waals surface area contributed by atoms with Crippen molar-refractivity contribution in [2.75, 3.05) is 11.9 Å². The molecule has 0 aliphatic rings. The summed E-state index contributed by atoms with van der Waals surface area (Å²) in [5.74, 6) is -0.115. The van der Waals surface area contributed by atoms with Crippen molar-refractivity contribution in [1.29, 1.82) is 0 Å². The smallest absolute Gasteiger partial charge is 0.253 e. The molecule has 0 saturated heterocycles. The number of nitrogens with zero attached hydrogens (tertiary/aromatic N) is 1. The highest BCUT2D eigenvalue weighted by Gasteiger charge is 2.12. The molecule has 0 radical (unpaired) electrons. The minimum atomic E-state index is -0.430. The lowest BCUT2D eigenvalue weighted by molar-refractivity contribution is -0.126. The second-order valence-corrected chi connectivity index (χ2v) is 4.46. The van der Waals surface area contributed by atoms with E-state index in [4.69, 9.17) is 4.74 Å². The van der Waals surface area contributed by atoms with Crippen molar-refractivity contribution in [3.63, 3.8) is 0 Å². The number of amides is 1. The number of nitrogens with one attached hydrogen (secondary N) is 1. The van der Waals surface area contributed by atoms with Gasteiger partial charge in [-0.25, -0.2) is 0 Å². The number of fused-ring (bicyclic) bond motifs is 1. The quantitative estimate of drug-likeness (QED) is 0.898. The van der Waals surface area contributed by atoms with Crippen LogP contribution in [-0.2, 0) is 16.1 Å². The average molecular weight is 260 g/mol. The van der Waals surface area contributed by atoms with Gasteiger partial charge < -0.3 is 14.6 Å². The molecule has 0 aliphatic carbocycles. The zero-order chi connectivity index (χ0) is 13.8. The third kappa shape index (κ3) is 2.96. The Morgan fingerprint density at radius 3 is 2.84 bits per heavy atom. The zero-order valence-corrected chi connectivity index (χ0v) is 11.6.